The summed E-state index contributed by atoms with van der Waals surface area (Å²) in [5.41, 5.74) is 5.35. The molecule has 3 unspecified atom stereocenters. The zero-order valence-electron chi connectivity index (χ0n) is 20.1. The molecular formula is C26H36F2N3P. The molecule has 3 nitrogen and oxygen atoms in total. The van der Waals surface area contributed by atoms with Crippen LogP contribution in [0.2, 0.25) is 0 Å². The number of halogens is 2. The van der Waals surface area contributed by atoms with E-state index in [0.717, 1.165) is 47.0 Å². The SMILES string of the molecule is CC1=Nc2cc(F)c(P)cc2C(C)C1.CC1CC1.CC=Nc1cc(C(C)F)ncc1CC. The topological polar surface area (TPSA) is 37.6 Å². The fourth-order valence-electron chi connectivity index (χ4n) is 3.30. The highest BCUT2D eigenvalue weighted by atomic mass is 31.0. The van der Waals surface area contributed by atoms with Crippen molar-refractivity contribution in [2.24, 2.45) is 15.9 Å². The maximum absolute atomic E-state index is 13.3. The second-order valence-corrected chi connectivity index (χ2v) is 9.28. The normalized spacial score (nSPS) is 18.0. The Kier molecular flexibility index (Phi) is 10.1. The van der Waals surface area contributed by atoms with E-state index in [0.29, 0.717) is 16.9 Å². The third-order valence-electron chi connectivity index (χ3n) is 5.50. The zero-order chi connectivity index (χ0) is 23.8. The van der Waals surface area contributed by atoms with E-state index in [2.05, 4.69) is 38.1 Å². The molecule has 1 saturated carbocycles. The lowest BCUT2D eigenvalue weighted by molar-refractivity contribution is 0.366. The Bertz CT molecular complexity index is 966. The van der Waals surface area contributed by atoms with Crippen LogP contribution in [0.1, 0.15) is 89.7 Å². The van der Waals surface area contributed by atoms with Gasteiger partial charge in [0.1, 0.15) is 12.0 Å². The van der Waals surface area contributed by atoms with Crippen molar-refractivity contribution >= 4 is 37.8 Å². The lowest BCUT2D eigenvalue weighted by atomic mass is 9.91. The highest BCUT2D eigenvalue weighted by molar-refractivity contribution is 7.27. The fourth-order valence-corrected chi connectivity index (χ4v) is 3.56. The van der Waals surface area contributed by atoms with Crippen molar-refractivity contribution in [1.82, 2.24) is 4.98 Å². The molecule has 6 heteroatoms. The van der Waals surface area contributed by atoms with Crippen molar-refractivity contribution in [1.29, 1.82) is 0 Å². The highest BCUT2D eigenvalue weighted by Gasteiger charge is 2.18. The molecule has 1 fully saturated rings. The second-order valence-electron chi connectivity index (χ2n) is 8.66. The van der Waals surface area contributed by atoms with Crippen molar-refractivity contribution in [3.8, 4) is 0 Å². The van der Waals surface area contributed by atoms with Gasteiger partial charge in [0.05, 0.1) is 17.1 Å². The van der Waals surface area contributed by atoms with E-state index in [9.17, 15) is 8.78 Å². The van der Waals surface area contributed by atoms with Gasteiger partial charge < -0.3 is 0 Å². The van der Waals surface area contributed by atoms with E-state index in [1.165, 1.54) is 25.8 Å². The molecule has 0 radical (unpaired) electrons. The standard InChI is InChI=1S/C11H15FN2.C11H13FNP.C4H8/c1-4-9-7-14-10(8(3)12)6-11(9)13-5-2;1-6-3-7(2)13-10-5-9(12)11(14)4-8(6)10;1-4-2-3-4/h5-8H,4H2,1-3H3;4-6H,3,14H2,1-2H3;4H,2-3H2,1H3. The van der Waals surface area contributed by atoms with Crippen LogP contribution in [0.25, 0.3) is 0 Å². The van der Waals surface area contributed by atoms with E-state index >= 15 is 0 Å². The van der Waals surface area contributed by atoms with Crippen molar-refractivity contribution in [3.63, 3.8) is 0 Å². The summed E-state index contributed by atoms with van der Waals surface area (Å²) >= 11 is 0. The van der Waals surface area contributed by atoms with Gasteiger partial charge in [-0.25, -0.2) is 8.78 Å². The molecule has 174 valence electrons. The molecule has 0 amide bonds. The predicted molar refractivity (Wildman–Crippen MR) is 137 cm³/mol. The number of aromatic nitrogens is 1. The molecule has 1 aliphatic heterocycles. The van der Waals surface area contributed by atoms with Crippen LogP contribution in [0.5, 0.6) is 0 Å². The largest absolute Gasteiger partial charge is 0.261 e. The number of rotatable bonds is 3. The summed E-state index contributed by atoms with van der Waals surface area (Å²) < 4.78 is 26.2. The molecule has 1 aromatic heterocycles. The smallest absolute Gasteiger partial charge is 0.139 e. The first kappa shape index (κ1) is 26.3. The van der Waals surface area contributed by atoms with Gasteiger partial charge in [-0.2, -0.15) is 0 Å². The summed E-state index contributed by atoms with van der Waals surface area (Å²) in [6.07, 6.45) is 7.19. The molecule has 1 aromatic carbocycles. The van der Waals surface area contributed by atoms with Crippen LogP contribution in [0.3, 0.4) is 0 Å². The highest BCUT2D eigenvalue weighted by Crippen LogP contribution is 2.34. The molecule has 3 atom stereocenters. The van der Waals surface area contributed by atoms with Gasteiger partial charge in [-0.05, 0) is 68.7 Å². The average Bonchev–Trinajstić information content (AvgIpc) is 3.52. The average molecular weight is 460 g/mol. The van der Waals surface area contributed by atoms with E-state index < -0.39 is 6.17 Å². The summed E-state index contributed by atoms with van der Waals surface area (Å²) in [7, 11) is 2.42. The second kappa shape index (κ2) is 12.3. The summed E-state index contributed by atoms with van der Waals surface area (Å²) in [6, 6.07) is 5.12. The number of alkyl halides is 1. The van der Waals surface area contributed by atoms with Gasteiger partial charge in [0, 0.05) is 29.5 Å². The van der Waals surface area contributed by atoms with Crippen LogP contribution in [0.4, 0.5) is 20.2 Å². The molecule has 0 bridgehead atoms. The van der Waals surface area contributed by atoms with Crippen LogP contribution in [-0.4, -0.2) is 16.9 Å². The van der Waals surface area contributed by atoms with Crippen molar-refractivity contribution in [3.05, 3.63) is 47.0 Å². The maximum atomic E-state index is 13.3. The Hall–Kier alpha value is -2.00. The van der Waals surface area contributed by atoms with Gasteiger partial charge in [0.15, 0.2) is 0 Å². The monoisotopic (exact) mass is 459 g/mol. The molecule has 0 saturated heterocycles. The maximum Gasteiger partial charge on any atom is 0.139 e. The first-order chi connectivity index (χ1) is 15.2. The summed E-state index contributed by atoms with van der Waals surface area (Å²) in [5, 5.41) is 0.630. The van der Waals surface area contributed by atoms with Gasteiger partial charge in [-0.1, -0.05) is 33.6 Å². The number of pyridine rings is 1. The van der Waals surface area contributed by atoms with Gasteiger partial charge in [0.25, 0.3) is 0 Å². The van der Waals surface area contributed by atoms with Gasteiger partial charge in [-0.3, -0.25) is 15.0 Å². The minimum absolute atomic E-state index is 0.195. The zero-order valence-corrected chi connectivity index (χ0v) is 21.3. The number of aliphatic imine (C=N–C) groups is 2. The Morgan fingerprint density at radius 3 is 2.44 bits per heavy atom. The Morgan fingerprint density at radius 1 is 1.25 bits per heavy atom. The molecule has 0 N–H and O–H groups in total. The van der Waals surface area contributed by atoms with Crippen LogP contribution < -0.4 is 5.30 Å². The summed E-state index contributed by atoms with van der Waals surface area (Å²) in [5.74, 6) is 1.34. The lowest BCUT2D eigenvalue weighted by Crippen LogP contribution is -2.10. The quantitative estimate of drug-likeness (QED) is 0.342. The van der Waals surface area contributed by atoms with Crippen molar-refractivity contribution < 1.29 is 8.78 Å². The van der Waals surface area contributed by atoms with Crippen LogP contribution >= 0.6 is 9.24 Å². The minimum atomic E-state index is -1.04. The van der Waals surface area contributed by atoms with E-state index in [-0.39, 0.29) is 5.82 Å². The Balaban J connectivity index is 0.000000193. The van der Waals surface area contributed by atoms with Crippen LogP contribution in [-0.2, 0) is 6.42 Å². The molecule has 2 aromatic rings. The number of hydrogen-bond acceptors (Lipinski definition) is 3. The molecule has 2 heterocycles. The molecule has 32 heavy (non-hydrogen) atoms. The Labute approximate surface area is 194 Å². The molecule has 2 aliphatic rings. The summed E-state index contributed by atoms with van der Waals surface area (Å²) in [6.45, 7) is 11.8. The number of aryl methyl sites for hydroxylation is 1. The van der Waals surface area contributed by atoms with E-state index in [1.807, 2.05) is 26.8 Å². The van der Waals surface area contributed by atoms with Crippen molar-refractivity contribution in [2.75, 3.05) is 0 Å². The van der Waals surface area contributed by atoms with Crippen molar-refractivity contribution in [2.45, 2.75) is 79.3 Å². The van der Waals surface area contributed by atoms with Crippen LogP contribution in [0, 0.1) is 11.7 Å². The molecule has 4 rings (SSSR count). The number of hydrogen-bond donors (Lipinski definition) is 0. The number of fused-ring (bicyclic) bond motifs is 1. The Morgan fingerprint density at radius 2 is 1.91 bits per heavy atom. The number of benzene rings is 1. The third kappa shape index (κ3) is 7.85. The minimum Gasteiger partial charge on any atom is -0.261 e. The van der Waals surface area contributed by atoms with Gasteiger partial charge >= 0.3 is 0 Å². The number of nitrogens with zero attached hydrogens (tertiary/aromatic N) is 3. The van der Waals surface area contributed by atoms with E-state index in [1.54, 1.807) is 18.5 Å². The molecular weight excluding hydrogens is 423 g/mol. The fraction of sp³-hybridized carbons (Fsp3) is 0.500. The third-order valence-corrected chi connectivity index (χ3v) is 5.94. The molecule has 0 spiro atoms. The first-order valence-electron chi connectivity index (χ1n) is 11.4. The van der Waals surface area contributed by atoms with E-state index in [4.69, 9.17) is 0 Å². The van der Waals surface area contributed by atoms with Gasteiger partial charge in [-0.15, -0.1) is 9.24 Å². The predicted octanol–water partition coefficient (Wildman–Crippen LogP) is 7.74. The molecule has 1 aliphatic carbocycles. The van der Waals surface area contributed by atoms with Gasteiger partial charge in [0.2, 0.25) is 0 Å². The summed E-state index contributed by atoms with van der Waals surface area (Å²) in [4.78, 5) is 12.6. The van der Waals surface area contributed by atoms with Crippen LogP contribution in [0.15, 0.2) is 34.4 Å². The lowest BCUT2D eigenvalue weighted by Gasteiger charge is -2.20. The first-order valence-corrected chi connectivity index (χ1v) is 12.0.